The van der Waals surface area contributed by atoms with Crippen molar-refractivity contribution in [1.29, 1.82) is 0 Å². The molecule has 106 valence electrons. The van der Waals surface area contributed by atoms with Crippen LogP contribution < -0.4 is 0 Å². The smallest absolute Gasteiger partial charge is 0.0292 e. The maximum atomic E-state index is 2.42. The molecule has 3 aliphatic rings. The summed E-state index contributed by atoms with van der Waals surface area (Å²) in [6.45, 7) is 14.5. The summed E-state index contributed by atoms with van der Waals surface area (Å²) in [5.74, 6) is 0. The van der Waals surface area contributed by atoms with Gasteiger partial charge in [0.1, 0.15) is 0 Å². The van der Waals surface area contributed by atoms with Gasteiger partial charge in [-0.05, 0) is 73.0 Å². The molecule has 0 atom stereocenters. The van der Waals surface area contributed by atoms with Crippen molar-refractivity contribution in [1.82, 2.24) is 0 Å². The van der Waals surface area contributed by atoms with E-state index in [1.165, 1.54) is 51.4 Å². The number of rotatable bonds is 2. The lowest BCUT2D eigenvalue weighted by Gasteiger charge is -2.57. The largest absolute Gasteiger partial charge is 0.0602 e. The Hall–Kier alpha value is 0. The highest BCUT2D eigenvalue weighted by Gasteiger charge is 2.50. The van der Waals surface area contributed by atoms with Gasteiger partial charge >= 0.3 is 0 Å². The first-order valence-electron chi connectivity index (χ1n) is 8.04. The molecule has 3 saturated carbocycles. The van der Waals surface area contributed by atoms with Gasteiger partial charge in [0.2, 0.25) is 0 Å². The molecule has 0 unspecified atom stereocenters. The molecule has 0 amide bonds. The van der Waals surface area contributed by atoms with Crippen LogP contribution >= 0.6 is 0 Å². The summed E-state index contributed by atoms with van der Waals surface area (Å²) in [5.41, 5.74) is 2.47. The van der Waals surface area contributed by atoms with Gasteiger partial charge in [0.05, 0.1) is 0 Å². The van der Waals surface area contributed by atoms with Crippen LogP contribution in [0.4, 0.5) is 0 Å². The van der Waals surface area contributed by atoms with Crippen molar-refractivity contribution in [2.75, 3.05) is 0 Å². The minimum absolute atomic E-state index is 0.515. The summed E-state index contributed by atoms with van der Waals surface area (Å²) >= 11 is 0. The Bertz CT molecular complexity index is 240. The van der Waals surface area contributed by atoms with Crippen molar-refractivity contribution < 1.29 is 0 Å². The Morgan fingerprint density at radius 1 is 0.556 bits per heavy atom. The lowest BCUT2D eigenvalue weighted by Crippen LogP contribution is -2.44. The standard InChI is InChI=1S/C18H34/c1-15(2,3)13-17-7-10-18(11-8-17,12-9-17)14-16(4,5)6/h7-14H2,1-6H3. The third-order valence-corrected chi connectivity index (χ3v) is 5.37. The van der Waals surface area contributed by atoms with Gasteiger partial charge in [-0.15, -0.1) is 0 Å². The minimum Gasteiger partial charge on any atom is -0.0602 e. The van der Waals surface area contributed by atoms with E-state index < -0.39 is 0 Å². The van der Waals surface area contributed by atoms with E-state index in [-0.39, 0.29) is 0 Å². The number of fused-ring (bicyclic) bond motifs is 3. The van der Waals surface area contributed by atoms with Gasteiger partial charge < -0.3 is 0 Å². The fourth-order valence-corrected chi connectivity index (χ4v) is 5.12. The molecule has 0 aromatic carbocycles. The maximum Gasteiger partial charge on any atom is -0.0292 e. The van der Waals surface area contributed by atoms with Crippen LogP contribution in [-0.2, 0) is 0 Å². The van der Waals surface area contributed by atoms with E-state index in [4.69, 9.17) is 0 Å². The highest BCUT2D eigenvalue weighted by Crippen LogP contribution is 2.62. The predicted molar refractivity (Wildman–Crippen MR) is 80.7 cm³/mol. The normalized spacial score (nSPS) is 37.0. The van der Waals surface area contributed by atoms with Gasteiger partial charge in [0, 0.05) is 0 Å². The van der Waals surface area contributed by atoms with Crippen molar-refractivity contribution >= 4 is 0 Å². The Morgan fingerprint density at radius 3 is 0.944 bits per heavy atom. The van der Waals surface area contributed by atoms with Crippen molar-refractivity contribution in [3.8, 4) is 0 Å². The van der Waals surface area contributed by atoms with Gasteiger partial charge in [0.15, 0.2) is 0 Å². The van der Waals surface area contributed by atoms with Gasteiger partial charge in [-0.3, -0.25) is 0 Å². The summed E-state index contributed by atoms with van der Waals surface area (Å²) in [7, 11) is 0. The van der Waals surface area contributed by atoms with Gasteiger partial charge in [0.25, 0.3) is 0 Å². The molecule has 0 aromatic rings. The first-order valence-corrected chi connectivity index (χ1v) is 8.04. The first-order chi connectivity index (χ1) is 8.04. The molecule has 0 heteroatoms. The fourth-order valence-electron chi connectivity index (χ4n) is 5.12. The lowest BCUT2D eigenvalue weighted by molar-refractivity contribution is -0.0513. The van der Waals surface area contributed by atoms with E-state index in [0.717, 1.165) is 10.8 Å². The van der Waals surface area contributed by atoms with Crippen LogP contribution in [0.2, 0.25) is 0 Å². The third-order valence-electron chi connectivity index (χ3n) is 5.37. The fraction of sp³-hybridized carbons (Fsp3) is 1.00. The van der Waals surface area contributed by atoms with E-state index in [1.807, 2.05) is 0 Å². The average molecular weight is 250 g/mol. The molecule has 2 bridgehead atoms. The van der Waals surface area contributed by atoms with Crippen molar-refractivity contribution in [2.24, 2.45) is 21.7 Å². The van der Waals surface area contributed by atoms with E-state index in [0.29, 0.717) is 10.8 Å². The van der Waals surface area contributed by atoms with Crippen LogP contribution in [0.5, 0.6) is 0 Å². The van der Waals surface area contributed by atoms with Gasteiger partial charge in [-0.2, -0.15) is 0 Å². The highest BCUT2D eigenvalue weighted by molar-refractivity contribution is 5.01. The van der Waals surface area contributed by atoms with Gasteiger partial charge in [-0.25, -0.2) is 0 Å². The number of hydrogen-bond donors (Lipinski definition) is 0. The topological polar surface area (TPSA) is 0 Å². The Morgan fingerprint density at radius 2 is 0.778 bits per heavy atom. The van der Waals surface area contributed by atoms with E-state index in [2.05, 4.69) is 41.5 Å². The summed E-state index contributed by atoms with van der Waals surface area (Å²) in [6.07, 6.45) is 12.0. The van der Waals surface area contributed by atoms with Crippen LogP contribution in [0, 0.1) is 21.7 Å². The van der Waals surface area contributed by atoms with Crippen molar-refractivity contribution in [3.05, 3.63) is 0 Å². The second kappa shape index (κ2) is 4.25. The van der Waals surface area contributed by atoms with E-state index in [9.17, 15) is 0 Å². The maximum absolute atomic E-state index is 2.42. The molecule has 0 radical (unpaired) electrons. The molecule has 0 aromatic heterocycles. The third kappa shape index (κ3) is 3.31. The highest BCUT2D eigenvalue weighted by atomic mass is 14.5. The van der Waals surface area contributed by atoms with E-state index >= 15 is 0 Å². The molecule has 0 nitrogen and oxygen atoms in total. The zero-order chi connectivity index (χ0) is 13.7. The quantitative estimate of drug-likeness (QED) is 0.547. The number of hydrogen-bond acceptors (Lipinski definition) is 0. The minimum atomic E-state index is 0.515. The van der Waals surface area contributed by atoms with Crippen molar-refractivity contribution in [3.63, 3.8) is 0 Å². The molecule has 0 spiro atoms. The second-order valence-corrected chi connectivity index (χ2v) is 9.97. The monoisotopic (exact) mass is 250 g/mol. The zero-order valence-electron chi connectivity index (χ0n) is 13.7. The van der Waals surface area contributed by atoms with Crippen molar-refractivity contribution in [2.45, 2.75) is 92.9 Å². The Kier molecular flexibility index (Phi) is 3.40. The molecule has 0 aliphatic heterocycles. The Labute approximate surface area is 115 Å². The van der Waals surface area contributed by atoms with Crippen LogP contribution in [-0.4, -0.2) is 0 Å². The second-order valence-electron chi connectivity index (χ2n) is 9.97. The first kappa shape index (κ1) is 14.4. The molecule has 3 fully saturated rings. The Balaban J connectivity index is 2.02. The SMILES string of the molecule is CC(C)(C)CC12CCC(CC(C)(C)C)(CC1)CC2. The van der Waals surface area contributed by atoms with Crippen LogP contribution in [0.15, 0.2) is 0 Å². The molecular weight excluding hydrogens is 216 g/mol. The summed E-state index contributed by atoms with van der Waals surface area (Å²) < 4.78 is 0. The van der Waals surface area contributed by atoms with Crippen LogP contribution in [0.3, 0.4) is 0 Å². The van der Waals surface area contributed by atoms with E-state index in [1.54, 1.807) is 0 Å². The molecule has 0 saturated heterocycles. The molecular formula is C18H34. The van der Waals surface area contributed by atoms with Crippen LogP contribution in [0.1, 0.15) is 92.9 Å². The summed E-state index contributed by atoms with van der Waals surface area (Å²) in [4.78, 5) is 0. The predicted octanol–water partition coefficient (Wildman–Crippen LogP) is 6.20. The molecule has 0 heterocycles. The average Bonchev–Trinajstić information content (AvgIpc) is 2.15. The lowest BCUT2D eigenvalue weighted by atomic mass is 9.49. The molecule has 18 heavy (non-hydrogen) atoms. The summed E-state index contributed by atoms with van der Waals surface area (Å²) in [6, 6.07) is 0. The van der Waals surface area contributed by atoms with Gasteiger partial charge in [-0.1, -0.05) is 41.5 Å². The summed E-state index contributed by atoms with van der Waals surface area (Å²) in [5, 5.41) is 0. The molecule has 3 aliphatic carbocycles. The van der Waals surface area contributed by atoms with Crippen LogP contribution in [0.25, 0.3) is 0 Å². The zero-order valence-corrected chi connectivity index (χ0v) is 13.7. The molecule has 3 rings (SSSR count). The molecule has 0 N–H and O–H groups in total.